The van der Waals surface area contributed by atoms with Gasteiger partial charge in [0.05, 0.1) is 12.8 Å². The van der Waals surface area contributed by atoms with E-state index in [1.165, 1.54) is 5.56 Å². The molecule has 1 saturated heterocycles. The standard InChI is InChI=1S/C23H27N3O3/c1-4-21(27)25-11-10-24(14-17(25)3)22(28)20-13-19-9-12-29-23(19)26(20)15-18-7-5-16(2)6-8-18/h5-9,12-13,17H,4,10-11,14-15H2,1-3H3/t17-/m1/s1. The van der Waals surface area contributed by atoms with Gasteiger partial charge in [-0.2, -0.15) is 0 Å². The molecule has 1 atom stereocenters. The molecule has 2 aromatic heterocycles. The summed E-state index contributed by atoms with van der Waals surface area (Å²) in [5.41, 5.74) is 3.66. The summed E-state index contributed by atoms with van der Waals surface area (Å²) in [5, 5.41) is 0.924. The van der Waals surface area contributed by atoms with Crippen LogP contribution in [0.1, 0.15) is 41.9 Å². The maximum atomic E-state index is 13.4. The van der Waals surface area contributed by atoms with E-state index in [4.69, 9.17) is 4.42 Å². The van der Waals surface area contributed by atoms with Crippen LogP contribution in [-0.4, -0.2) is 51.9 Å². The van der Waals surface area contributed by atoms with Crippen molar-refractivity contribution in [1.82, 2.24) is 14.4 Å². The van der Waals surface area contributed by atoms with E-state index in [1.807, 2.05) is 40.3 Å². The number of piperazine rings is 1. The Hall–Kier alpha value is -3.02. The normalized spacial score (nSPS) is 17.1. The lowest BCUT2D eigenvalue weighted by atomic mass is 10.1. The monoisotopic (exact) mass is 393 g/mol. The zero-order chi connectivity index (χ0) is 20.5. The Morgan fingerprint density at radius 3 is 2.59 bits per heavy atom. The van der Waals surface area contributed by atoms with E-state index in [2.05, 4.69) is 31.2 Å². The van der Waals surface area contributed by atoms with Crippen molar-refractivity contribution in [1.29, 1.82) is 0 Å². The highest BCUT2D eigenvalue weighted by atomic mass is 16.3. The number of hydrogen-bond donors (Lipinski definition) is 0. The van der Waals surface area contributed by atoms with Gasteiger partial charge < -0.3 is 18.8 Å². The largest absolute Gasteiger partial charge is 0.448 e. The topological polar surface area (TPSA) is 58.7 Å². The first-order valence-electron chi connectivity index (χ1n) is 10.2. The number of aromatic nitrogens is 1. The van der Waals surface area contributed by atoms with Gasteiger partial charge in [0.1, 0.15) is 5.69 Å². The van der Waals surface area contributed by atoms with Gasteiger partial charge >= 0.3 is 0 Å². The molecule has 3 aromatic rings. The average molecular weight is 393 g/mol. The van der Waals surface area contributed by atoms with Gasteiger partial charge in [0, 0.05) is 37.5 Å². The van der Waals surface area contributed by atoms with Crippen molar-refractivity contribution in [2.24, 2.45) is 0 Å². The minimum absolute atomic E-state index is 0.0149. The van der Waals surface area contributed by atoms with Gasteiger partial charge in [0.15, 0.2) is 0 Å². The van der Waals surface area contributed by atoms with E-state index >= 15 is 0 Å². The van der Waals surface area contributed by atoms with Crippen LogP contribution < -0.4 is 0 Å². The Labute approximate surface area is 170 Å². The van der Waals surface area contributed by atoms with Crippen LogP contribution in [0.5, 0.6) is 0 Å². The Bertz CT molecular complexity index is 1030. The number of amides is 2. The lowest BCUT2D eigenvalue weighted by molar-refractivity contribution is -0.134. The van der Waals surface area contributed by atoms with Crippen molar-refractivity contribution >= 4 is 22.9 Å². The van der Waals surface area contributed by atoms with E-state index in [-0.39, 0.29) is 17.9 Å². The molecule has 1 aliphatic heterocycles. The molecule has 0 bridgehead atoms. The summed E-state index contributed by atoms with van der Waals surface area (Å²) < 4.78 is 7.64. The highest BCUT2D eigenvalue weighted by molar-refractivity contribution is 5.98. The zero-order valence-electron chi connectivity index (χ0n) is 17.2. The smallest absolute Gasteiger partial charge is 0.270 e. The summed E-state index contributed by atoms with van der Waals surface area (Å²) in [4.78, 5) is 29.2. The number of aryl methyl sites for hydroxylation is 1. The van der Waals surface area contributed by atoms with Crippen LogP contribution in [0, 0.1) is 6.92 Å². The number of benzene rings is 1. The maximum absolute atomic E-state index is 13.4. The van der Waals surface area contributed by atoms with E-state index in [0.29, 0.717) is 44.0 Å². The van der Waals surface area contributed by atoms with Crippen molar-refractivity contribution in [3.63, 3.8) is 0 Å². The second-order valence-electron chi connectivity index (χ2n) is 7.82. The molecule has 6 nitrogen and oxygen atoms in total. The third-order valence-electron chi connectivity index (χ3n) is 5.72. The van der Waals surface area contributed by atoms with Crippen LogP contribution in [0.2, 0.25) is 0 Å². The quantitative estimate of drug-likeness (QED) is 0.679. The first kappa shape index (κ1) is 19.3. The van der Waals surface area contributed by atoms with E-state index in [1.54, 1.807) is 6.26 Å². The second kappa shape index (κ2) is 7.78. The van der Waals surface area contributed by atoms with Gasteiger partial charge in [-0.25, -0.2) is 0 Å². The third kappa shape index (κ3) is 3.67. The number of furan rings is 1. The first-order chi connectivity index (χ1) is 14.0. The van der Waals surface area contributed by atoms with Gasteiger partial charge in [-0.15, -0.1) is 0 Å². The molecule has 1 aliphatic rings. The highest BCUT2D eigenvalue weighted by Gasteiger charge is 2.31. The molecule has 4 rings (SSSR count). The lowest BCUT2D eigenvalue weighted by Gasteiger charge is -2.39. The minimum Gasteiger partial charge on any atom is -0.448 e. The molecular formula is C23H27N3O3. The molecule has 0 N–H and O–H groups in total. The molecule has 3 heterocycles. The Morgan fingerprint density at radius 1 is 1.14 bits per heavy atom. The fourth-order valence-corrected chi connectivity index (χ4v) is 4.06. The van der Waals surface area contributed by atoms with Crippen molar-refractivity contribution in [2.75, 3.05) is 19.6 Å². The molecular weight excluding hydrogens is 366 g/mol. The summed E-state index contributed by atoms with van der Waals surface area (Å²) in [5.74, 6) is 0.129. The molecule has 0 saturated carbocycles. The first-order valence-corrected chi connectivity index (χ1v) is 10.2. The van der Waals surface area contributed by atoms with Crippen molar-refractivity contribution in [2.45, 2.75) is 39.8 Å². The van der Waals surface area contributed by atoms with Gasteiger partial charge in [-0.3, -0.25) is 9.59 Å². The molecule has 1 aromatic carbocycles. The zero-order valence-corrected chi connectivity index (χ0v) is 17.2. The highest BCUT2D eigenvalue weighted by Crippen LogP contribution is 2.25. The van der Waals surface area contributed by atoms with Crippen LogP contribution in [0.3, 0.4) is 0 Å². The predicted molar refractivity (Wildman–Crippen MR) is 112 cm³/mol. The van der Waals surface area contributed by atoms with Gasteiger partial charge in [-0.05, 0) is 31.5 Å². The molecule has 0 aliphatic carbocycles. The number of nitrogens with zero attached hydrogens (tertiary/aromatic N) is 3. The second-order valence-corrected chi connectivity index (χ2v) is 7.82. The molecule has 2 amide bonds. The summed E-state index contributed by atoms with van der Waals surface area (Å²) >= 11 is 0. The van der Waals surface area contributed by atoms with Gasteiger partial charge in [0.2, 0.25) is 11.6 Å². The Morgan fingerprint density at radius 2 is 1.90 bits per heavy atom. The lowest BCUT2D eigenvalue weighted by Crippen LogP contribution is -2.55. The Balaban J connectivity index is 1.60. The molecule has 0 unspecified atom stereocenters. The fourth-order valence-electron chi connectivity index (χ4n) is 4.06. The van der Waals surface area contributed by atoms with Crippen LogP contribution in [0.25, 0.3) is 11.1 Å². The number of hydrogen-bond acceptors (Lipinski definition) is 3. The van der Waals surface area contributed by atoms with Crippen molar-refractivity contribution < 1.29 is 14.0 Å². The number of rotatable bonds is 4. The van der Waals surface area contributed by atoms with E-state index in [0.717, 1.165) is 10.9 Å². The summed E-state index contributed by atoms with van der Waals surface area (Å²) in [7, 11) is 0. The number of carbonyl (C=O) groups is 2. The summed E-state index contributed by atoms with van der Waals surface area (Å²) in [6, 6.07) is 12.1. The number of fused-ring (bicyclic) bond motifs is 1. The van der Waals surface area contributed by atoms with Crippen molar-refractivity contribution in [3.05, 3.63) is 59.5 Å². The van der Waals surface area contributed by atoms with Crippen LogP contribution in [0.4, 0.5) is 0 Å². The van der Waals surface area contributed by atoms with Crippen LogP contribution >= 0.6 is 0 Å². The molecule has 0 radical (unpaired) electrons. The molecule has 1 fully saturated rings. The van der Waals surface area contributed by atoms with Crippen LogP contribution in [0.15, 0.2) is 47.1 Å². The molecule has 29 heavy (non-hydrogen) atoms. The SMILES string of the molecule is CCC(=O)N1CCN(C(=O)c2cc3ccoc3n2Cc2ccc(C)cc2)C[C@H]1C. The third-order valence-corrected chi connectivity index (χ3v) is 5.72. The van der Waals surface area contributed by atoms with Crippen molar-refractivity contribution in [3.8, 4) is 0 Å². The van der Waals surface area contributed by atoms with Crippen LogP contribution in [-0.2, 0) is 11.3 Å². The van der Waals surface area contributed by atoms with Gasteiger partial charge in [0.25, 0.3) is 5.91 Å². The fraction of sp³-hybridized carbons (Fsp3) is 0.391. The molecule has 6 heteroatoms. The van der Waals surface area contributed by atoms with E-state index in [9.17, 15) is 9.59 Å². The Kier molecular flexibility index (Phi) is 5.18. The minimum atomic E-state index is -0.0149. The molecule has 152 valence electrons. The summed E-state index contributed by atoms with van der Waals surface area (Å²) in [6.07, 6.45) is 2.15. The summed E-state index contributed by atoms with van der Waals surface area (Å²) in [6.45, 7) is 8.18. The maximum Gasteiger partial charge on any atom is 0.270 e. The molecule has 0 spiro atoms. The predicted octanol–water partition coefficient (Wildman–Crippen LogP) is 3.67. The number of carbonyl (C=O) groups excluding carboxylic acids is 2. The van der Waals surface area contributed by atoms with Gasteiger partial charge in [-0.1, -0.05) is 36.8 Å². The average Bonchev–Trinajstić information content (AvgIpc) is 3.31. The van der Waals surface area contributed by atoms with E-state index < -0.39 is 0 Å².